The second-order valence-electron chi connectivity index (χ2n) is 9.49. The highest BCUT2D eigenvalue weighted by atomic mass is 19.4. The molecule has 206 valence electrons. The van der Waals surface area contributed by atoms with Crippen LogP contribution in [0, 0.1) is 0 Å². The molecule has 3 aliphatic rings. The number of ether oxygens (including phenoxy) is 2. The number of imide groups is 1. The Kier molecular flexibility index (Phi) is 6.60. The number of amides is 5. The average Bonchev–Trinajstić information content (AvgIpc) is 3.57. The topological polar surface area (TPSA) is 117 Å². The van der Waals surface area contributed by atoms with E-state index in [0.717, 1.165) is 10.5 Å². The van der Waals surface area contributed by atoms with Gasteiger partial charge in [-0.3, -0.25) is 9.59 Å². The first kappa shape index (κ1) is 26.3. The standard InChI is InChI=1S/C26H25F3N4O6/c1-30-23(36)31-16-8-9-18-15(13-16)10-11-25(18)22(35)33(24(37)39-25)14-21(34)32-12-4-6-19(32)17-5-2-3-7-20(17)38-26(27,28)29/h2-3,5,7-9,13,19H,4,6,10-12,14H2,1H3,(H2,30,31,36)/t19?,25-/m1/s1. The number of aryl methyl sites for hydroxylation is 1. The molecule has 2 fully saturated rings. The molecule has 0 aromatic heterocycles. The number of halogens is 3. The number of rotatable bonds is 5. The van der Waals surface area contributed by atoms with Gasteiger partial charge in [0, 0.05) is 36.8 Å². The molecule has 1 spiro atoms. The highest BCUT2D eigenvalue weighted by Gasteiger charge is 2.58. The van der Waals surface area contributed by atoms with Crippen LogP contribution >= 0.6 is 0 Å². The minimum atomic E-state index is -4.90. The Hall–Kier alpha value is -4.29. The molecule has 0 bridgehead atoms. The summed E-state index contributed by atoms with van der Waals surface area (Å²) in [7, 11) is 1.48. The number of fused-ring (bicyclic) bond motifs is 2. The van der Waals surface area contributed by atoms with Crippen LogP contribution in [0.25, 0.3) is 0 Å². The van der Waals surface area contributed by atoms with Gasteiger partial charge in [-0.1, -0.05) is 24.3 Å². The van der Waals surface area contributed by atoms with E-state index in [4.69, 9.17) is 4.74 Å². The number of urea groups is 1. The Morgan fingerprint density at radius 2 is 1.95 bits per heavy atom. The first-order valence-electron chi connectivity index (χ1n) is 12.3. The fourth-order valence-electron chi connectivity index (χ4n) is 5.51. The molecule has 5 amide bonds. The minimum Gasteiger partial charge on any atom is -0.427 e. The zero-order chi connectivity index (χ0) is 27.9. The van der Waals surface area contributed by atoms with Crippen molar-refractivity contribution in [3.8, 4) is 5.75 Å². The molecule has 5 rings (SSSR count). The van der Waals surface area contributed by atoms with Gasteiger partial charge < -0.3 is 25.0 Å². The number of hydrogen-bond acceptors (Lipinski definition) is 6. The smallest absolute Gasteiger partial charge is 0.427 e. The van der Waals surface area contributed by atoms with Crippen LogP contribution in [0.1, 0.15) is 42.0 Å². The summed E-state index contributed by atoms with van der Waals surface area (Å²) in [6.07, 6.45) is -4.37. The first-order valence-corrected chi connectivity index (χ1v) is 12.3. The van der Waals surface area contributed by atoms with Crippen LogP contribution in [0.5, 0.6) is 5.75 Å². The van der Waals surface area contributed by atoms with E-state index < -0.39 is 54.2 Å². The molecule has 13 heteroatoms. The summed E-state index contributed by atoms with van der Waals surface area (Å²) in [4.78, 5) is 53.4. The van der Waals surface area contributed by atoms with Gasteiger partial charge in [0.05, 0.1) is 6.04 Å². The number of carbonyl (C=O) groups excluding carboxylic acids is 4. The molecule has 1 unspecified atom stereocenters. The van der Waals surface area contributed by atoms with Crippen LogP contribution in [-0.4, -0.2) is 60.2 Å². The van der Waals surface area contributed by atoms with Crippen molar-refractivity contribution in [1.82, 2.24) is 15.1 Å². The lowest BCUT2D eigenvalue weighted by Gasteiger charge is -2.28. The lowest BCUT2D eigenvalue weighted by Crippen LogP contribution is -2.44. The summed E-state index contributed by atoms with van der Waals surface area (Å²) in [5.41, 5.74) is 0.326. The highest BCUT2D eigenvalue weighted by molar-refractivity contribution is 6.06. The summed E-state index contributed by atoms with van der Waals surface area (Å²) in [5.74, 6) is -1.67. The van der Waals surface area contributed by atoms with Crippen molar-refractivity contribution in [3.05, 3.63) is 59.2 Å². The lowest BCUT2D eigenvalue weighted by atomic mass is 9.94. The molecule has 10 nitrogen and oxygen atoms in total. The molecule has 0 saturated carbocycles. The molecule has 2 atom stereocenters. The lowest BCUT2D eigenvalue weighted by molar-refractivity contribution is -0.275. The van der Waals surface area contributed by atoms with E-state index >= 15 is 0 Å². The molecule has 0 radical (unpaired) electrons. The summed E-state index contributed by atoms with van der Waals surface area (Å²) in [6, 6.07) is 9.37. The van der Waals surface area contributed by atoms with E-state index in [-0.39, 0.29) is 18.5 Å². The van der Waals surface area contributed by atoms with Gasteiger partial charge in [-0.25, -0.2) is 14.5 Å². The van der Waals surface area contributed by atoms with Crippen LogP contribution in [0.3, 0.4) is 0 Å². The Bertz CT molecular complexity index is 1350. The SMILES string of the molecule is CNC(=O)Nc1ccc2c(c1)CC[C@@]21OC(=O)N(CC(=O)N2CCCC2c2ccccc2OC(F)(F)F)C1=O. The molecule has 2 N–H and O–H groups in total. The molecular weight excluding hydrogens is 521 g/mol. The van der Waals surface area contributed by atoms with E-state index in [1.807, 2.05) is 0 Å². The Morgan fingerprint density at radius 3 is 2.69 bits per heavy atom. The van der Waals surface area contributed by atoms with Crippen molar-refractivity contribution < 1.29 is 41.8 Å². The van der Waals surface area contributed by atoms with Crippen LogP contribution < -0.4 is 15.4 Å². The van der Waals surface area contributed by atoms with E-state index in [0.29, 0.717) is 30.5 Å². The molecule has 2 aliphatic heterocycles. The predicted octanol–water partition coefficient (Wildman–Crippen LogP) is 3.82. The van der Waals surface area contributed by atoms with Gasteiger partial charge in [0.15, 0.2) is 0 Å². The van der Waals surface area contributed by atoms with Crippen molar-refractivity contribution in [2.24, 2.45) is 0 Å². The predicted molar refractivity (Wildman–Crippen MR) is 130 cm³/mol. The van der Waals surface area contributed by atoms with Gasteiger partial charge in [0.1, 0.15) is 12.3 Å². The number of carbonyl (C=O) groups is 4. The fourth-order valence-corrected chi connectivity index (χ4v) is 5.51. The third-order valence-corrected chi connectivity index (χ3v) is 7.21. The monoisotopic (exact) mass is 546 g/mol. The van der Waals surface area contributed by atoms with Gasteiger partial charge in [0.25, 0.3) is 5.91 Å². The summed E-state index contributed by atoms with van der Waals surface area (Å²) >= 11 is 0. The third kappa shape index (κ3) is 4.84. The minimum absolute atomic E-state index is 0.176. The van der Waals surface area contributed by atoms with Crippen LogP contribution in [0.2, 0.25) is 0 Å². The number of anilines is 1. The molecule has 2 aromatic rings. The Labute approximate surface area is 221 Å². The molecule has 2 saturated heterocycles. The molecule has 2 aromatic carbocycles. The Morgan fingerprint density at radius 1 is 1.18 bits per heavy atom. The number of nitrogens with one attached hydrogen (secondary N) is 2. The van der Waals surface area contributed by atoms with E-state index in [1.54, 1.807) is 24.3 Å². The van der Waals surface area contributed by atoms with E-state index in [2.05, 4.69) is 15.4 Å². The molecule has 2 heterocycles. The number of para-hydroxylation sites is 1. The maximum absolute atomic E-state index is 13.5. The largest absolute Gasteiger partial charge is 0.573 e. The number of alkyl halides is 3. The normalized spacial score (nSPS) is 22.2. The van der Waals surface area contributed by atoms with Gasteiger partial charge in [-0.2, -0.15) is 0 Å². The Balaban J connectivity index is 1.34. The maximum atomic E-state index is 13.5. The zero-order valence-electron chi connectivity index (χ0n) is 20.8. The number of benzene rings is 2. The van der Waals surface area contributed by atoms with E-state index in [9.17, 15) is 32.3 Å². The summed E-state index contributed by atoms with van der Waals surface area (Å²) in [5, 5.41) is 5.09. The van der Waals surface area contributed by atoms with Gasteiger partial charge in [-0.15, -0.1) is 13.2 Å². The van der Waals surface area contributed by atoms with Crippen LogP contribution in [0.15, 0.2) is 42.5 Å². The van der Waals surface area contributed by atoms with Crippen molar-refractivity contribution >= 4 is 29.6 Å². The second kappa shape index (κ2) is 9.79. The van der Waals surface area contributed by atoms with Crippen LogP contribution in [-0.2, 0) is 26.3 Å². The zero-order valence-corrected chi connectivity index (χ0v) is 20.8. The van der Waals surface area contributed by atoms with Gasteiger partial charge in [-0.05, 0) is 43.0 Å². The average molecular weight is 547 g/mol. The quantitative estimate of drug-likeness (QED) is 0.589. The van der Waals surface area contributed by atoms with Crippen molar-refractivity contribution in [2.75, 3.05) is 25.5 Å². The molecule has 1 aliphatic carbocycles. The van der Waals surface area contributed by atoms with Crippen LogP contribution in [0.4, 0.5) is 28.4 Å². The molecule has 39 heavy (non-hydrogen) atoms. The van der Waals surface area contributed by atoms with Crippen molar-refractivity contribution in [1.29, 1.82) is 0 Å². The molecular formula is C26H25F3N4O6. The number of likely N-dealkylation sites (tertiary alicyclic amines) is 1. The van der Waals surface area contributed by atoms with Gasteiger partial charge >= 0.3 is 18.5 Å². The second-order valence-corrected chi connectivity index (χ2v) is 9.49. The van der Waals surface area contributed by atoms with Gasteiger partial charge in [0.2, 0.25) is 11.5 Å². The van der Waals surface area contributed by atoms with Crippen molar-refractivity contribution in [3.63, 3.8) is 0 Å². The summed E-state index contributed by atoms with van der Waals surface area (Å²) < 4.78 is 48.6. The van der Waals surface area contributed by atoms with E-state index in [1.165, 1.54) is 30.1 Å². The summed E-state index contributed by atoms with van der Waals surface area (Å²) in [6.45, 7) is -0.361. The fraction of sp³-hybridized carbons (Fsp3) is 0.385. The highest BCUT2D eigenvalue weighted by Crippen LogP contribution is 2.46. The number of nitrogens with zero attached hydrogens (tertiary/aromatic N) is 2. The first-order chi connectivity index (χ1) is 18.5. The van der Waals surface area contributed by atoms with Crippen molar-refractivity contribution in [2.45, 2.75) is 43.7 Å². The maximum Gasteiger partial charge on any atom is 0.573 e. The third-order valence-electron chi connectivity index (χ3n) is 7.21. The number of hydrogen-bond donors (Lipinski definition) is 2.